The van der Waals surface area contributed by atoms with Crippen molar-refractivity contribution in [3.05, 3.63) is 30.0 Å². The molecule has 0 aliphatic carbocycles. The lowest BCUT2D eigenvalue weighted by molar-refractivity contribution is 0.231. The zero-order valence-electron chi connectivity index (χ0n) is 12.1. The molecule has 3 rings (SSSR count). The van der Waals surface area contributed by atoms with Crippen molar-refractivity contribution in [3.8, 4) is 0 Å². The van der Waals surface area contributed by atoms with Crippen LogP contribution in [0, 0.1) is 0 Å². The van der Waals surface area contributed by atoms with Crippen LogP contribution < -0.4 is 0 Å². The number of fused-ring (bicyclic) bond motifs is 1. The SMILES string of the molecule is Cn1nc(CN2CCCC2CCCBr)c2ccccc21. The highest BCUT2D eigenvalue weighted by molar-refractivity contribution is 9.09. The number of hydrogen-bond acceptors (Lipinski definition) is 2. The van der Waals surface area contributed by atoms with Gasteiger partial charge in [0, 0.05) is 30.4 Å². The molecule has 108 valence electrons. The van der Waals surface area contributed by atoms with Crippen LogP contribution in [0.25, 0.3) is 10.9 Å². The lowest BCUT2D eigenvalue weighted by Gasteiger charge is -2.23. The summed E-state index contributed by atoms with van der Waals surface area (Å²) < 4.78 is 2.01. The Labute approximate surface area is 129 Å². The molecule has 0 saturated carbocycles. The fourth-order valence-electron chi connectivity index (χ4n) is 3.34. The van der Waals surface area contributed by atoms with Crippen molar-refractivity contribution in [1.29, 1.82) is 0 Å². The number of hydrogen-bond donors (Lipinski definition) is 0. The molecule has 1 aliphatic rings. The summed E-state index contributed by atoms with van der Waals surface area (Å²) in [4.78, 5) is 2.62. The molecule has 0 bridgehead atoms. The number of aromatic nitrogens is 2. The smallest absolute Gasteiger partial charge is 0.0843 e. The van der Waals surface area contributed by atoms with E-state index >= 15 is 0 Å². The lowest BCUT2D eigenvalue weighted by atomic mass is 10.1. The maximum atomic E-state index is 4.73. The van der Waals surface area contributed by atoms with Crippen LogP contribution >= 0.6 is 15.9 Å². The summed E-state index contributed by atoms with van der Waals surface area (Å²) in [6.45, 7) is 2.21. The molecule has 1 aliphatic heterocycles. The van der Waals surface area contributed by atoms with Crippen molar-refractivity contribution in [3.63, 3.8) is 0 Å². The van der Waals surface area contributed by atoms with Gasteiger partial charge in [0.05, 0.1) is 11.2 Å². The molecule has 0 radical (unpaired) electrons. The van der Waals surface area contributed by atoms with E-state index in [0.717, 1.165) is 17.9 Å². The molecule has 2 heterocycles. The van der Waals surface area contributed by atoms with E-state index in [1.807, 2.05) is 11.7 Å². The summed E-state index contributed by atoms with van der Waals surface area (Å²) in [6, 6.07) is 9.29. The number of para-hydroxylation sites is 1. The van der Waals surface area contributed by atoms with Gasteiger partial charge in [0.2, 0.25) is 0 Å². The van der Waals surface area contributed by atoms with Crippen LogP contribution in [-0.2, 0) is 13.6 Å². The van der Waals surface area contributed by atoms with Gasteiger partial charge in [0.25, 0.3) is 0 Å². The summed E-state index contributed by atoms with van der Waals surface area (Å²) >= 11 is 3.55. The Bertz CT molecular complexity index is 578. The largest absolute Gasteiger partial charge is 0.294 e. The normalized spacial score (nSPS) is 20.0. The first-order valence-electron chi connectivity index (χ1n) is 7.50. The second-order valence-corrected chi connectivity index (χ2v) is 6.48. The average molecular weight is 336 g/mol. The first-order valence-corrected chi connectivity index (χ1v) is 8.62. The molecule has 0 spiro atoms. The van der Waals surface area contributed by atoms with Gasteiger partial charge in [-0.15, -0.1) is 0 Å². The number of likely N-dealkylation sites (tertiary alicyclic amines) is 1. The Kier molecular flexibility index (Phi) is 4.41. The third kappa shape index (κ3) is 2.77. The summed E-state index contributed by atoms with van der Waals surface area (Å²) in [5.74, 6) is 0. The molecule has 0 N–H and O–H groups in total. The number of rotatable bonds is 5. The van der Waals surface area contributed by atoms with E-state index in [0.29, 0.717) is 0 Å². The van der Waals surface area contributed by atoms with Gasteiger partial charge >= 0.3 is 0 Å². The molecule has 3 nitrogen and oxygen atoms in total. The Morgan fingerprint density at radius 2 is 2.20 bits per heavy atom. The predicted molar refractivity (Wildman–Crippen MR) is 87.2 cm³/mol. The van der Waals surface area contributed by atoms with Gasteiger partial charge in [0.15, 0.2) is 0 Å². The van der Waals surface area contributed by atoms with E-state index in [4.69, 9.17) is 5.10 Å². The molecular weight excluding hydrogens is 314 g/mol. The zero-order valence-corrected chi connectivity index (χ0v) is 13.6. The molecule has 1 fully saturated rings. The molecule has 1 atom stereocenters. The molecule has 1 unspecified atom stereocenters. The average Bonchev–Trinajstić information content (AvgIpc) is 3.03. The van der Waals surface area contributed by atoms with Gasteiger partial charge in [-0.3, -0.25) is 9.58 Å². The lowest BCUT2D eigenvalue weighted by Crippen LogP contribution is -2.29. The van der Waals surface area contributed by atoms with E-state index in [1.165, 1.54) is 48.8 Å². The van der Waals surface area contributed by atoms with Crippen LogP contribution in [0.1, 0.15) is 31.4 Å². The van der Waals surface area contributed by atoms with Gasteiger partial charge in [-0.25, -0.2) is 0 Å². The molecule has 1 aromatic carbocycles. The minimum absolute atomic E-state index is 0.744. The second-order valence-electron chi connectivity index (χ2n) is 5.69. The standard InChI is InChI=1S/C16H22BrN3/c1-19-16-9-3-2-8-14(16)15(18-19)12-20-11-5-7-13(20)6-4-10-17/h2-3,8-9,13H,4-7,10-12H2,1H3. The summed E-state index contributed by atoms with van der Waals surface area (Å²) in [6.07, 6.45) is 5.25. The van der Waals surface area contributed by atoms with E-state index < -0.39 is 0 Å². The zero-order chi connectivity index (χ0) is 13.9. The van der Waals surface area contributed by atoms with Crippen LogP contribution in [0.15, 0.2) is 24.3 Å². The molecular formula is C16H22BrN3. The van der Waals surface area contributed by atoms with Gasteiger partial charge in [-0.05, 0) is 38.3 Å². The fourth-order valence-corrected chi connectivity index (χ4v) is 3.66. The minimum Gasteiger partial charge on any atom is -0.294 e. The highest BCUT2D eigenvalue weighted by atomic mass is 79.9. The quantitative estimate of drug-likeness (QED) is 0.776. The summed E-state index contributed by atoms with van der Waals surface area (Å²) in [5.41, 5.74) is 2.47. The Hall–Kier alpha value is -0.870. The van der Waals surface area contributed by atoms with Gasteiger partial charge < -0.3 is 0 Å². The monoisotopic (exact) mass is 335 g/mol. The first-order chi connectivity index (χ1) is 9.79. The predicted octanol–water partition coefficient (Wildman–Crippen LogP) is 3.71. The third-order valence-electron chi connectivity index (χ3n) is 4.36. The highest BCUT2D eigenvalue weighted by Crippen LogP contribution is 2.26. The van der Waals surface area contributed by atoms with E-state index in [9.17, 15) is 0 Å². The molecule has 20 heavy (non-hydrogen) atoms. The van der Waals surface area contributed by atoms with Gasteiger partial charge in [-0.2, -0.15) is 5.10 Å². The second kappa shape index (κ2) is 6.27. The fraction of sp³-hybridized carbons (Fsp3) is 0.562. The van der Waals surface area contributed by atoms with Gasteiger partial charge in [-0.1, -0.05) is 34.1 Å². The van der Waals surface area contributed by atoms with Crippen LogP contribution in [-0.4, -0.2) is 32.6 Å². The summed E-state index contributed by atoms with van der Waals surface area (Å²) in [5, 5.41) is 7.16. The number of alkyl halides is 1. The number of halogens is 1. The summed E-state index contributed by atoms with van der Waals surface area (Å²) in [7, 11) is 2.04. The van der Waals surface area contributed by atoms with Crippen molar-refractivity contribution >= 4 is 26.8 Å². The number of aryl methyl sites for hydroxylation is 1. The Morgan fingerprint density at radius 3 is 3.05 bits per heavy atom. The van der Waals surface area contributed by atoms with Crippen molar-refractivity contribution in [1.82, 2.24) is 14.7 Å². The van der Waals surface area contributed by atoms with Crippen molar-refractivity contribution in [2.45, 2.75) is 38.3 Å². The number of nitrogens with zero attached hydrogens (tertiary/aromatic N) is 3. The van der Waals surface area contributed by atoms with E-state index in [1.54, 1.807) is 0 Å². The maximum Gasteiger partial charge on any atom is 0.0843 e. The van der Waals surface area contributed by atoms with Crippen molar-refractivity contribution < 1.29 is 0 Å². The molecule has 4 heteroatoms. The van der Waals surface area contributed by atoms with Crippen molar-refractivity contribution in [2.24, 2.45) is 7.05 Å². The minimum atomic E-state index is 0.744. The van der Waals surface area contributed by atoms with Crippen LogP contribution in [0.2, 0.25) is 0 Å². The highest BCUT2D eigenvalue weighted by Gasteiger charge is 2.25. The van der Waals surface area contributed by atoms with Crippen LogP contribution in [0.4, 0.5) is 0 Å². The van der Waals surface area contributed by atoms with Gasteiger partial charge in [0.1, 0.15) is 0 Å². The number of benzene rings is 1. The Balaban J connectivity index is 1.79. The molecule has 1 aromatic heterocycles. The maximum absolute atomic E-state index is 4.73. The van der Waals surface area contributed by atoms with E-state index in [2.05, 4.69) is 45.1 Å². The molecule has 0 amide bonds. The Morgan fingerprint density at radius 1 is 1.35 bits per heavy atom. The van der Waals surface area contributed by atoms with Crippen LogP contribution in [0.3, 0.4) is 0 Å². The molecule has 1 saturated heterocycles. The first kappa shape index (κ1) is 14.1. The topological polar surface area (TPSA) is 21.1 Å². The van der Waals surface area contributed by atoms with Crippen molar-refractivity contribution in [2.75, 3.05) is 11.9 Å². The van der Waals surface area contributed by atoms with E-state index in [-0.39, 0.29) is 0 Å². The van der Waals surface area contributed by atoms with Crippen LogP contribution in [0.5, 0.6) is 0 Å². The third-order valence-corrected chi connectivity index (χ3v) is 4.92. The molecule has 2 aromatic rings.